The van der Waals surface area contributed by atoms with Crippen LogP contribution in [0.25, 0.3) is 0 Å². The molecular formula is C21H22BrNO4S. The summed E-state index contributed by atoms with van der Waals surface area (Å²) in [5, 5.41) is 2.75. The van der Waals surface area contributed by atoms with E-state index < -0.39 is 5.97 Å². The minimum atomic E-state index is -0.420. The van der Waals surface area contributed by atoms with Crippen molar-refractivity contribution in [3.8, 4) is 0 Å². The molecule has 0 aliphatic carbocycles. The molecule has 0 bridgehead atoms. The number of benzene rings is 2. The topological polar surface area (TPSA) is 72.5 Å². The molecule has 1 amide bonds. The molecule has 0 aliphatic rings. The fraction of sp³-hybridized carbons (Fsp3) is 0.286. The van der Waals surface area contributed by atoms with Crippen molar-refractivity contribution in [3.63, 3.8) is 0 Å². The predicted octanol–water partition coefficient (Wildman–Crippen LogP) is 4.04. The van der Waals surface area contributed by atoms with Crippen LogP contribution in [0, 0.1) is 0 Å². The number of hydrogen-bond donors (Lipinski definition) is 1. The van der Waals surface area contributed by atoms with E-state index >= 15 is 0 Å². The predicted molar refractivity (Wildman–Crippen MR) is 114 cm³/mol. The van der Waals surface area contributed by atoms with Gasteiger partial charge in [-0.05, 0) is 42.7 Å². The molecule has 28 heavy (non-hydrogen) atoms. The average Bonchev–Trinajstić information content (AvgIpc) is 2.69. The maximum Gasteiger partial charge on any atom is 0.316 e. The molecule has 0 aromatic heterocycles. The summed E-state index contributed by atoms with van der Waals surface area (Å²) in [5.74, 6) is -0.532. The highest BCUT2D eigenvalue weighted by Gasteiger charge is 2.10. The van der Waals surface area contributed by atoms with E-state index in [2.05, 4.69) is 21.2 Å². The first-order valence-electron chi connectivity index (χ1n) is 8.84. The number of thioether (sulfide) groups is 1. The molecular weight excluding hydrogens is 442 g/mol. The molecule has 1 N–H and O–H groups in total. The largest absolute Gasteiger partial charge is 0.457 e. The van der Waals surface area contributed by atoms with Crippen LogP contribution in [-0.4, -0.2) is 36.6 Å². The van der Waals surface area contributed by atoms with Crippen molar-refractivity contribution in [2.45, 2.75) is 24.7 Å². The van der Waals surface area contributed by atoms with Gasteiger partial charge in [0.2, 0.25) is 5.91 Å². The lowest BCUT2D eigenvalue weighted by molar-refractivity contribution is -0.139. The number of nitrogens with one attached hydrogen (secondary N) is 1. The van der Waals surface area contributed by atoms with E-state index in [0.717, 1.165) is 27.8 Å². The van der Waals surface area contributed by atoms with Crippen LogP contribution in [0.2, 0.25) is 0 Å². The van der Waals surface area contributed by atoms with Crippen LogP contribution >= 0.6 is 27.7 Å². The molecule has 0 radical (unpaired) electrons. The Labute approximate surface area is 177 Å². The summed E-state index contributed by atoms with van der Waals surface area (Å²) in [6.07, 6.45) is 1.65. The number of amides is 1. The summed E-state index contributed by atoms with van der Waals surface area (Å²) < 4.78 is 6.05. The Morgan fingerprint density at radius 1 is 1.04 bits per heavy atom. The van der Waals surface area contributed by atoms with Crippen molar-refractivity contribution >= 4 is 45.4 Å². The molecule has 0 heterocycles. The van der Waals surface area contributed by atoms with E-state index in [1.54, 1.807) is 12.1 Å². The van der Waals surface area contributed by atoms with Gasteiger partial charge in [0.05, 0.1) is 5.75 Å². The summed E-state index contributed by atoms with van der Waals surface area (Å²) in [6.45, 7) is 1.86. The standard InChI is InChI=1S/C21H22BrNO4S/c1-15(24)23-12-2-3-16-4-6-17(7-5-16)20(25)13-27-21(26)14-28-19-10-8-18(22)9-11-19/h4-11H,2-3,12-14H2,1H3,(H,23,24). The molecule has 7 heteroatoms. The van der Waals surface area contributed by atoms with Gasteiger partial charge in [-0.2, -0.15) is 0 Å². The number of Topliss-reactive ketones (excluding diaryl/α,β-unsaturated/α-hetero) is 1. The minimum Gasteiger partial charge on any atom is -0.457 e. The van der Waals surface area contributed by atoms with Crippen LogP contribution < -0.4 is 5.32 Å². The highest BCUT2D eigenvalue weighted by atomic mass is 79.9. The summed E-state index contributed by atoms with van der Waals surface area (Å²) in [7, 11) is 0. The molecule has 148 valence electrons. The second kappa shape index (κ2) is 11.7. The van der Waals surface area contributed by atoms with Crippen molar-refractivity contribution in [1.29, 1.82) is 0 Å². The van der Waals surface area contributed by atoms with Gasteiger partial charge < -0.3 is 10.1 Å². The van der Waals surface area contributed by atoms with E-state index in [1.807, 2.05) is 36.4 Å². The first kappa shape index (κ1) is 22.2. The van der Waals surface area contributed by atoms with Gasteiger partial charge in [-0.3, -0.25) is 14.4 Å². The summed E-state index contributed by atoms with van der Waals surface area (Å²) in [4.78, 5) is 35.8. The first-order chi connectivity index (χ1) is 13.4. The van der Waals surface area contributed by atoms with Crippen molar-refractivity contribution in [2.24, 2.45) is 0 Å². The lowest BCUT2D eigenvalue weighted by Crippen LogP contribution is -2.21. The van der Waals surface area contributed by atoms with E-state index in [0.29, 0.717) is 12.1 Å². The first-order valence-corrected chi connectivity index (χ1v) is 10.6. The molecule has 0 atom stereocenters. The molecule has 0 spiro atoms. The van der Waals surface area contributed by atoms with Gasteiger partial charge >= 0.3 is 5.97 Å². The van der Waals surface area contributed by atoms with E-state index in [-0.39, 0.29) is 24.1 Å². The van der Waals surface area contributed by atoms with E-state index in [9.17, 15) is 14.4 Å². The van der Waals surface area contributed by atoms with Crippen LogP contribution in [0.1, 0.15) is 29.3 Å². The molecule has 2 rings (SSSR count). The smallest absolute Gasteiger partial charge is 0.316 e. The van der Waals surface area contributed by atoms with Crippen LogP contribution in [0.3, 0.4) is 0 Å². The summed E-state index contributed by atoms with van der Waals surface area (Å²) >= 11 is 4.73. The van der Waals surface area contributed by atoms with Gasteiger partial charge in [0.25, 0.3) is 0 Å². The lowest BCUT2D eigenvalue weighted by Gasteiger charge is -2.06. The summed E-state index contributed by atoms with van der Waals surface area (Å²) in [6, 6.07) is 14.9. The normalized spacial score (nSPS) is 10.4. The van der Waals surface area contributed by atoms with E-state index in [1.165, 1.54) is 18.7 Å². The number of carbonyl (C=O) groups is 3. The Morgan fingerprint density at radius 2 is 1.71 bits per heavy atom. The zero-order valence-corrected chi connectivity index (χ0v) is 18.0. The number of rotatable bonds is 10. The SMILES string of the molecule is CC(=O)NCCCc1ccc(C(=O)COC(=O)CSc2ccc(Br)cc2)cc1. The number of esters is 1. The molecule has 0 unspecified atom stereocenters. The third-order valence-corrected chi connectivity index (χ3v) is 5.34. The second-order valence-corrected chi connectivity index (χ2v) is 8.07. The Kier molecular flexibility index (Phi) is 9.23. The number of aryl methyl sites for hydroxylation is 1. The highest BCUT2D eigenvalue weighted by molar-refractivity contribution is 9.10. The van der Waals surface area contributed by atoms with Crippen LogP contribution in [0.4, 0.5) is 0 Å². The number of halogens is 1. The number of carbonyl (C=O) groups excluding carboxylic acids is 3. The van der Waals surface area contributed by atoms with Crippen LogP contribution in [0.5, 0.6) is 0 Å². The van der Waals surface area contributed by atoms with Gasteiger partial charge in [-0.25, -0.2) is 0 Å². The second-order valence-electron chi connectivity index (χ2n) is 6.11. The molecule has 2 aromatic carbocycles. The zero-order chi connectivity index (χ0) is 20.4. The van der Waals surface area contributed by atoms with Gasteiger partial charge in [0, 0.05) is 28.4 Å². The number of hydrogen-bond acceptors (Lipinski definition) is 5. The van der Waals surface area contributed by atoms with Crippen molar-refractivity contribution in [3.05, 3.63) is 64.1 Å². The Bertz CT molecular complexity index is 806. The number of ether oxygens (including phenoxy) is 1. The molecule has 5 nitrogen and oxygen atoms in total. The third-order valence-electron chi connectivity index (χ3n) is 3.83. The van der Waals surface area contributed by atoms with Gasteiger partial charge in [-0.1, -0.05) is 40.2 Å². The molecule has 0 aliphatic heterocycles. The average molecular weight is 464 g/mol. The third kappa shape index (κ3) is 8.27. The Balaban J connectivity index is 1.70. The van der Waals surface area contributed by atoms with E-state index in [4.69, 9.17) is 4.74 Å². The van der Waals surface area contributed by atoms with Gasteiger partial charge in [0.15, 0.2) is 12.4 Å². The maximum atomic E-state index is 12.2. The summed E-state index contributed by atoms with van der Waals surface area (Å²) in [5.41, 5.74) is 1.60. The highest BCUT2D eigenvalue weighted by Crippen LogP contribution is 2.20. The van der Waals surface area contributed by atoms with Crippen LogP contribution in [-0.2, 0) is 20.7 Å². The minimum absolute atomic E-state index is 0.0364. The zero-order valence-electron chi connectivity index (χ0n) is 15.6. The van der Waals surface area contributed by atoms with Crippen molar-refractivity contribution in [1.82, 2.24) is 5.32 Å². The maximum absolute atomic E-state index is 12.2. The van der Waals surface area contributed by atoms with Crippen molar-refractivity contribution < 1.29 is 19.1 Å². The quantitative estimate of drug-likeness (QED) is 0.249. The van der Waals surface area contributed by atoms with Crippen molar-refractivity contribution in [2.75, 3.05) is 18.9 Å². The molecule has 2 aromatic rings. The monoisotopic (exact) mass is 463 g/mol. The Hall–Kier alpha value is -2.12. The number of ketones is 1. The molecule has 0 saturated heterocycles. The van der Waals surface area contributed by atoms with Crippen LogP contribution in [0.15, 0.2) is 57.9 Å². The Morgan fingerprint density at radius 3 is 2.36 bits per heavy atom. The van der Waals surface area contributed by atoms with Gasteiger partial charge in [-0.15, -0.1) is 11.8 Å². The van der Waals surface area contributed by atoms with Gasteiger partial charge in [0.1, 0.15) is 0 Å². The fourth-order valence-corrected chi connectivity index (χ4v) is 3.32. The molecule has 0 fully saturated rings. The lowest BCUT2D eigenvalue weighted by atomic mass is 10.1. The fourth-order valence-electron chi connectivity index (χ4n) is 2.36. The molecule has 0 saturated carbocycles.